The smallest absolute Gasteiger partial charge is 0.242 e. The van der Waals surface area contributed by atoms with Gasteiger partial charge in [-0.3, -0.25) is 9.59 Å². The van der Waals surface area contributed by atoms with Crippen molar-refractivity contribution in [1.29, 1.82) is 0 Å². The highest BCUT2D eigenvalue weighted by atomic mass is 32.1. The zero-order valence-electron chi connectivity index (χ0n) is 18.5. The molecule has 1 aromatic heterocycles. The average Bonchev–Trinajstić information content (AvgIpc) is 3.47. The Balaban J connectivity index is 1.49. The molecule has 2 aromatic rings. The minimum atomic E-state index is -0.127. The number of ether oxygens (including phenoxy) is 1. The van der Waals surface area contributed by atoms with Gasteiger partial charge in [-0.1, -0.05) is 31.0 Å². The van der Waals surface area contributed by atoms with Gasteiger partial charge in [0, 0.05) is 23.4 Å². The van der Waals surface area contributed by atoms with E-state index in [-0.39, 0.29) is 36.4 Å². The molecule has 4 rings (SSSR count). The second-order valence-corrected chi connectivity index (χ2v) is 9.82. The lowest BCUT2D eigenvalue weighted by atomic mass is 10.00. The van der Waals surface area contributed by atoms with Crippen LogP contribution in [0.3, 0.4) is 0 Å². The van der Waals surface area contributed by atoms with Gasteiger partial charge in [0.25, 0.3) is 0 Å². The number of carbonyl (C=O) groups is 2. The summed E-state index contributed by atoms with van der Waals surface area (Å²) in [5.74, 6) is 1.04. The summed E-state index contributed by atoms with van der Waals surface area (Å²) in [6, 6.07) is 11.7. The van der Waals surface area contributed by atoms with Gasteiger partial charge in [-0.25, -0.2) is 0 Å². The van der Waals surface area contributed by atoms with Gasteiger partial charge in [0.2, 0.25) is 11.8 Å². The van der Waals surface area contributed by atoms with Crippen molar-refractivity contribution in [2.45, 2.75) is 58.0 Å². The van der Waals surface area contributed by atoms with E-state index in [2.05, 4.69) is 11.4 Å². The molecule has 1 aliphatic heterocycles. The summed E-state index contributed by atoms with van der Waals surface area (Å²) in [6.45, 7) is 5.23. The van der Waals surface area contributed by atoms with Crippen molar-refractivity contribution >= 4 is 23.2 Å². The van der Waals surface area contributed by atoms with Gasteiger partial charge in [0.05, 0.1) is 6.04 Å². The maximum atomic E-state index is 13.5. The SMILES string of the molecule is CC(C)N(CC(=O)N1CCc2sccc2C1COc1ccccc1)C(=O)C1CCCC1. The van der Waals surface area contributed by atoms with Crippen molar-refractivity contribution in [3.05, 3.63) is 52.2 Å². The molecular weight excluding hydrogens is 408 g/mol. The van der Waals surface area contributed by atoms with Crippen molar-refractivity contribution in [1.82, 2.24) is 9.80 Å². The molecule has 6 heteroatoms. The Morgan fingerprint density at radius 1 is 1.16 bits per heavy atom. The zero-order chi connectivity index (χ0) is 21.8. The van der Waals surface area contributed by atoms with Crippen LogP contribution in [0.1, 0.15) is 56.0 Å². The van der Waals surface area contributed by atoms with E-state index in [1.54, 1.807) is 16.2 Å². The minimum absolute atomic E-state index is 0.0116. The Kier molecular flexibility index (Phi) is 6.96. The van der Waals surface area contributed by atoms with Gasteiger partial charge in [-0.2, -0.15) is 0 Å². The van der Waals surface area contributed by atoms with Crippen LogP contribution in [-0.2, 0) is 16.0 Å². The van der Waals surface area contributed by atoms with E-state index >= 15 is 0 Å². The Hall–Kier alpha value is -2.34. The van der Waals surface area contributed by atoms with E-state index < -0.39 is 0 Å². The molecule has 1 fully saturated rings. The van der Waals surface area contributed by atoms with Crippen LogP contribution in [0.25, 0.3) is 0 Å². The molecule has 1 unspecified atom stereocenters. The molecular formula is C25H32N2O3S. The number of benzene rings is 1. The van der Waals surface area contributed by atoms with E-state index in [0.29, 0.717) is 13.2 Å². The maximum Gasteiger partial charge on any atom is 0.242 e. The molecule has 5 nitrogen and oxygen atoms in total. The monoisotopic (exact) mass is 440 g/mol. The van der Waals surface area contributed by atoms with Gasteiger partial charge in [0.15, 0.2) is 0 Å². The molecule has 0 saturated heterocycles. The number of hydrogen-bond donors (Lipinski definition) is 0. The number of para-hydroxylation sites is 1. The first kappa shape index (κ1) is 21.9. The fraction of sp³-hybridized carbons (Fsp3) is 0.520. The van der Waals surface area contributed by atoms with E-state index in [0.717, 1.165) is 37.9 Å². The lowest BCUT2D eigenvalue weighted by Gasteiger charge is -2.38. The summed E-state index contributed by atoms with van der Waals surface area (Å²) in [6.07, 6.45) is 4.99. The molecule has 0 radical (unpaired) electrons. The molecule has 1 aliphatic carbocycles. The number of fused-ring (bicyclic) bond motifs is 1. The van der Waals surface area contributed by atoms with Crippen molar-refractivity contribution in [3.8, 4) is 5.75 Å². The second kappa shape index (κ2) is 9.86. The number of rotatable bonds is 7. The number of thiophene rings is 1. The van der Waals surface area contributed by atoms with Crippen LogP contribution in [0.15, 0.2) is 41.8 Å². The lowest BCUT2D eigenvalue weighted by molar-refractivity contribution is -0.146. The van der Waals surface area contributed by atoms with Crippen molar-refractivity contribution in [2.24, 2.45) is 5.92 Å². The first-order chi connectivity index (χ1) is 15.0. The Morgan fingerprint density at radius 2 is 1.90 bits per heavy atom. The standard InChI is InChI=1S/C25H32N2O3S/c1-18(2)27(25(29)19-8-6-7-9-19)16-24(28)26-14-12-23-21(13-15-31-23)22(26)17-30-20-10-4-3-5-11-20/h3-5,10-11,13,15,18-19,22H,6-9,12,14,16-17H2,1-2H3. The highest BCUT2D eigenvalue weighted by Gasteiger charge is 2.35. The molecule has 166 valence electrons. The molecule has 2 aliphatic rings. The number of carbonyl (C=O) groups excluding carboxylic acids is 2. The number of nitrogens with zero attached hydrogens (tertiary/aromatic N) is 2. The average molecular weight is 441 g/mol. The molecule has 1 aromatic carbocycles. The summed E-state index contributed by atoms with van der Waals surface area (Å²) < 4.78 is 6.06. The molecule has 0 bridgehead atoms. The molecule has 0 spiro atoms. The second-order valence-electron chi connectivity index (χ2n) is 8.82. The topological polar surface area (TPSA) is 49.9 Å². The molecule has 0 N–H and O–H groups in total. The van der Waals surface area contributed by atoms with Crippen LogP contribution in [0, 0.1) is 5.92 Å². The van der Waals surface area contributed by atoms with Crippen LogP contribution in [0.4, 0.5) is 0 Å². The third-order valence-electron chi connectivity index (χ3n) is 6.48. The fourth-order valence-corrected chi connectivity index (χ4v) is 5.65. The normalized spacial score (nSPS) is 18.8. The molecule has 2 amide bonds. The van der Waals surface area contributed by atoms with E-state index in [4.69, 9.17) is 4.74 Å². The Morgan fingerprint density at radius 3 is 2.61 bits per heavy atom. The van der Waals surface area contributed by atoms with Crippen molar-refractivity contribution < 1.29 is 14.3 Å². The van der Waals surface area contributed by atoms with Gasteiger partial charge in [-0.15, -0.1) is 11.3 Å². The minimum Gasteiger partial charge on any atom is -0.491 e. The third kappa shape index (κ3) is 4.95. The predicted molar refractivity (Wildman–Crippen MR) is 123 cm³/mol. The summed E-state index contributed by atoms with van der Waals surface area (Å²) in [4.78, 5) is 31.6. The van der Waals surface area contributed by atoms with Gasteiger partial charge >= 0.3 is 0 Å². The fourth-order valence-electron chi connectivity index (χ4n) is 4.73. The van der Waals surface area contributed by atoms with Crippen LogP contribution >= 0.6 is 11.3 Å². The van der Waals surface area contributed by atoms with E-state index in [1.165, 1.54) is 10.4 Å². The zero-order valence-corrected chi connectivity index (χ0v) is 19.3. The van der Waals surface area contributed by atoms with Gasteiger partial charge in [-0.05, 0) is 62.3 Å². The maximum absolute atomic E-state index is 13.5. The highest BCUT2D eigenvalue weighted by Crippen LogP contribution is 2.34. The Bertz CT molecular complexity index is 889. The van der Waals surface area contributed by atoms with E-state index in [9.17, 15) is 9.59 Å². The highest BCUT2D eigenvalue weighted by molar-refractivity contribution is 7.10. The molecule has 2 heterocycles. The van der Waals surface area contributed by atoms with Crippen LogP contribution < -0.4 is 4.74 Å². The molecule has 1 atom stereocenters. The summed E-state index contributed by atoms with van der Waals surface area (Å²) in [5, 5.41) is 2.10. The van der Waals surface area contributed by atoms with Crippen LogP contribution in [0.2, 0.25) is 0 Å². The molecule has 1 saturated carbocycles. The van der Waals surface area contributed by atoms with Crippen molar-refractivity contribution in [2.75, 3.05) is 19.7 Å². The van der Waals surface area contributed by atoms with Crippen LogP contribution in [0.5, 0.6) is 5.75 Å². The summed E-state index contributed by atoms with van der Waals surface area (Å²) in [7, 11) is 0. The summed E-state index contributed by atoms with van der Waals surface area (Å²) >= 11 is 1.75. The first-order valence-electron chi connectivity index (χ1n) is 11.4. The van der Waals surface area contributed by atoms with Crippen molar-refractivity contribution in [3.63, 3.8) is 0 Å². The first-order valence-corrected chi connectivity index (χ1v) is 12.3. The predicted octanol–water partition coefficient (Wildman–Crippen LogP) is 4.68. The van der Waals surface area contributed by atoms with Gasteiger partial charge < -0.3 is 14.5 Å². The Labute approximate surface area is 189 Å². The lowest BCUT2D eigenvalue weighted by Crippen LogP contribution is -2.50. The number of amides is 2. The number of hydrogen-bond acceptors (Lipinski definition) is 4. The third-order valence-corrected chi connectivity index (χ3v) is 7.48. The van der Waals surface area contributed by atoms with Crippen LogP contribution in [-0.4, -0.2) is 47.4 Å². The summed E-state index contributed by atoms with van der Waals surface area (Å²) in [5.41, 5.74) is 1.18. The largest absolute Gasteiger partial charge is 0.491 e. The molecule has 31 heavy (non-hydrogen) atoms. The van der Waals surface area contributed by atoms with Gasteiger partial charge in [0.1, 0.15) is 18.9 Å². The van der Waals surface area contributed by atoms with E-state index in [1.807, 2.05) is 49.1 Å². The quantitative estimate of drug-likeness (QED) is 0.628.